The van der Waals surface area contributed by atoms with E-state index in [0.717, 1.165) is 17.7 Å². The van der Waals surface area contributed by atoms with Crippen LogP contribution in [0.1, 0.15) is 53.7 Å². The first-order chi connectivity index (χ1) is 13.1. The van der Waals surface area contributed by atoms with Gasteiger partial charge in [0.05, 0.1) is 12.7 Å². The van der Waals surface area contributed by atoms with Crippen molar-refractivity contribution in [3.05, 3.63) is 70.8 Å². The number of nitrogens with one attached hydrogen (secondary N) is 1. The number of nitrogens with zero attached hydrogens (tertiary/aromatic N) is 1. The molecule has 0 aromatic heterocycles. The summed E-state index contributed by atoms with van der Waals surface area (Å²) >= 11 is 0. The van der Waals surface area contributed by atoms with Gasteiger partial charge in [-0.25, -0.2) is 0 Å². The van der Waals surface area contributed by atoms with Gasteiger partial charge in [-0.1, -0.05) is 36.4 Å². The van der Waals surface area contributed by atoms with E-state index >= 15 is 0 Å². The number of hydrogen-bond donors (Lipinski definition) is 1. The van der Waals surface area contributed by atoms with Crippen molar-refractivity contribution in [3.8, 4) is 0 Å². The van der Waals surface area contributed by atoms with E-state index in [4.69, 9.17) is 4.74 Å². The second-order valence-electron chi connectivity index (χ2n) is 7.54. The highest BCUT2D eigenvalue weighted by atomic mass is 16.5. The average molecular weight is 367 g/mol. The second-order valence-corrected chi connectivity index (χ2v) is 7.54. The van der Waals surface area contributed by atoms with Crippen LogP contribution in [0.3, 0.4) is 0 Å². The molecule has 0 aliphatic carbocycles. The molecule has 144 valence electrons. The summed E-state index contributed by atoms with van der Waals surface area (Å²) in [6.07, 6.45) is 2.83. The number of benzene rings is 2. The SMILES string of the molecule is CC(C)OCc1ccc(C(=O)NCc2ccc(CN3CCCC3)cc2)cc1. The molecule has 1 N–H and O–H groups in total. The van der Waals surface area contributed by atoms with Crippen LogP contribution in [-0.4, -0.2) is 30.0 Å². The third-order valence-electron chi connectivity index (χ3n) is 4.88. The summed E-state index contributed by atoms with van der Waals surface area (Å²) in [6, 6.07) is 16.2. The Hall–Kier alpha value is -2.17. The van der Waals surface area contributed by atoms with Crippen LogP contribution in [0.4, 0.5) is 0 Å². The van der Waals surface area contributed by atoms with Crippen molar-refractivity contribution in [2.24, 2.45) is 0 Å². The Bertz CT molecular complexity index is 717. The highest BCUT2D eigenvalue weighted by Gasteiger charge is 2.11. The molecule has 2 aromatic carbocycles. The van der Waals surface area contributed by atoms with Crippen molar-refractivity contribution in [1.82, 2.24) is 10.2 Å². The van der Waals surface area contributed by atoms with Crippen molar-refractivity contribution in [1.29, 1.82) is 0 Å². The molecule has 1 aliphatic rings. The highest BCUT2D eigenvalue weighted by molar-refractivity contribution is 5.94. The Balaban J connectivity index is 1.46. The molecule has 27 heavy (non-hydrogen) atoms. The summed E-state index contributed by atoms with van der Waals surface area (Å²) in [4.78, 5) is 14.8. The summed E-state index contributed by atoms with van der Waals surface area (Å²) in [6.45, 7) is 8.59. The fraction of sp³-hybridized carbons (Fsp3) is 0.435. The maximum Gasteiger partial charge on any atom is 0.251 e. The second kappa shape index (κ2) is 9.67. The maximum atomic E-state index is 12.3. The van der Waals surface area contributed by atoms with Gasteiger partial charge >= 0.3 is 0 Å². The molecule has 1 heterocycles. The molecule has 4 heteroatoms. The Morgan fingerprint density at radius 2 is 1.56 bits per heavy atom. The van der Waals surface area contributed by atoms with Gasteiger partial charge in [0.1, 0.15) is 0 Å². The molecule has 0 saturated carbocycles. The number of carbonyl (C=O) groups is 1. The van der Waals surface area contributed by atoms with Gasteiger partial charge in [0, 0.05) is 18.7 Å². The predicted molar refractivity (Wildman–Crippen MR) is 108 cm³/mol. The van der Waals surface area contributed by atoms with Crippen molar-refractivity contribution >= 4 is 5.91 Å². The lowest BCUT2D eigenvalue weighted by Gasteiger charge is -2.14. The number of likely N-dealkylation sites (tertiary alicyclic amines) is 1. The molecule has 3 rings (SSSR count). The molecule has 1 fully saturated rings. The number of hydrogen-bond acceptors (Lipinski definition) is 3. The molecule has 2 aromatic rings. The molecule has 4 nitrogen and oxygen atoms in total. The molecule has 1 aliphatic heterocycles. The summed E-state index contributed by atoms with van der Waals surface area (Å²) in [7, 11) is 0. The quantitative estimate of drug-likeness (QED) is 0.763. The number of rotatable bonds is 8. The molecular weight excluding hydrogens is 336 g/mol. The van der Waals surface area contributed by atoms with Crippen LogP contribution >= 0.6 is 0 Å². The third-order valence-corrected chi connectivity index (χ3v) is 4.88. The van der Waals surface area contributed by atoms with E-state index in [1.807, 2.05) is 38.1 Å². The van der Waals surface area contributed by atoms with E-state index in [2.05, 4.69) is 34.5 Å². The smallest absolute Gasteiger partial charge is 0.251 e. The first-order valence-electron chi connectivity index (χ1n) is 9.89. The maximum absolute atomic E-state index is 12.3. The van der Waals surface area contributed by atoms with Gasteiger partial charge in [-0.05, 0) is 68.6 Å². The van der Waals surface area contributed by atoms with Crippen molar-refractivity contribution < 1.29 is 9.53 Å². The summed E-state index contributed by atoms with van der Waals surface area (Å²) in [5.74, 6) is -0.0486. The van der Waals surface area contributed by atoms with Gasteiger partial charge in [-0.15, -0.1) is 0 Å². The highest BCUT2D eigenvalue weighted by Crippen LogP contribution is 2.13. The molecule has 1 saturated heterocycles. The lowest BCUT2D eigenvalue weighted by Crippen LogP contribution is -2.23. The fourth-order valence-electron chi connectivity index (χ4n) is 3.26. The average Bonchev–Trinajstić information content (AvgIpc) is 3.19. The summed E-state index contributed by atoms with van der Waals surface area (Å²) in [5.41, 5.74) is 4.21. The van der Waals surface area contributed by atoms with Gasteiger partial charge in [-0.3, -0.25) is 9.69 Å². The van der Waals surface area contributed by atoms with Crippen LogP contribution in [-0.2, 0) is 24.4 Å². The van der Waals surface area contributed by atoms with E-state index in [9.17, 15) is 4.79 Å². The zero-order valence-corrected chi connectivity index (χ0v) is 16.4. The Labute approximate surface area is 162 Å². The normalized spacial score (nSPS) is 14.6. The standard InChI is InChI=1S/C23H30N2O2/c1-18(2)27-17-21-9-11-22(12-10-21)23(26)24-15-19-5-7-20(8-6-19)16-25-13-3-4-14-25/h5-12,18H,3-4,13-17H2,1-2H3,(H,24,26). The molecule has 0 radical (unpaired) electrons. The monoisotopic (exact) mass is 366 g/mol. The number of ether oxygens (including phenoxy) is 1. The van der Waals surface area contributed by atoms with Crippen LogP contribution < -0.4 is 5.32 Å². The minimum Gasteiger partial charge on any atom is -0.374 e. The zero-order chi connectivity index (χ0) is 19.1. The van der Waals surface area contributed by atoms with Gasteiger partial charge in [0.2, 0.25) is 0 Å². The third kappa shape index (κ3) is 6.19. The molecule has 0 spiro atoms. The van der Waals surface area contributed by atoms with Crippen molar-refractivity contribution in [2.45, 2.75) is 52.5 Å². The van der Waals surface area contributed by atoms with Gasteiger partial charge in [0.15, 0.2) is 0 Å². The van der Waals surface area contributed by atoms with Crippen molar-refractivity contribution in [3.63, 3.8) is 0 Å². The number of carbonyl (C=O) groups excluding carboxylic acids is 1. The van der Waals surface area contributed by atoms with Gasteiger partial charge in [0.25, 0.3) is 5.91 Å². The first-order valence-corrected chi connectivity index (χ1v) is 9.89. The van der Waals surface area contributed by atoms with E-state index in [0.29, 0.717) is 18.7 Å². The van der Waals surface area contributed by atoms with E-state index in [-0.39, 0.29) is 12.0 Å². The minimum absolute atomic E-state index is 0.0486. The molecule has 0 unspecified atom stereocenters. The van der Waals surface area contributed by atoms with Crippen LogP contribution in [0.5, 0.6) is 0 Å². The Morgan fingerprint density at radius 1 is 0.963 bits per heavy atom. The van der Waals surface area contributed by atoms with Crippen LogP contribution in [0.2, 0.25) is 0 Å². The molecule has 1 amide bonds. The first kappa shape index (κ1) is 19.6. The predicted octanol–water partition coefficient (Wildman–Crippen LogP) is 4.14. The summed E-state index contributed by atoms with van der Waals surface area (Å²) in [5, 5.41) is 3.00. The largest absolute Gasteiger partial charge is 0.374 e. The van der Waals surface area contributed by atoms with E-state index < -0.39 is 0 Å². The lowest BCUT2D eigenvalue weighted by molar-refractivity contribution is 0.0657. The summed E-state index contributed by atoms with van der Waals surface area (Å²) < 4.78 is 5.58. The van der Waals surface area contributed by atoms with Gasteiger partial charge in [-0.2, -0.15) is 0 Å². The van der Waals surface area contributed by atoms with Gasteiger partial charge < -0.3 is 10.1 Å². The Kier molecular flexibility index (Phi) is 7.02. The van der Waals surface area contributed by atoms with Crippen molar-refractivity contribution in [2.75, 3.05) is 13.1 Å². The van der Waals surface area contributed by atoms with Crippen LogP contribution in [0, 0.1) is 0 Å². The molecule has 0 bridgehead atoms. The topological polar surface area (TPSA) is 41.6 Å². The Morgan fingerprint density at radius 3 is 2.19 bits per heavy atom. The van der Waals surface area contributed by atoms with E-state index in [1.54, 1.807) is 0 Å². The zero-order valence-electron chi connectivity index (χ0n) is 16.4. The van der Waals surface area contributed by atoms with E-state index in [1.165, 1.54) is 31.5 Å². The molecule has 0 atom stereocenters. The van der Waals surface area contributed by atoms with Crippen LogP contribution in [0.15, 0.2) is 48.5 Å². The molecular formula is C23H30N2O2. The van der Waals surface area contributed by atoms with Crippen LogP contribution in [0.25, 0.3) is 0 Å². The minimum atomic E-state index is -0.0486. The lowest BCUT2D eigenvalue weighted by atomic mass is 10.1. The fourth-order valence-corrected chi connectivity index (χ4v) is 3.26. The number of amides is 1.